The van der Waals surface area contributed by atoms with E-state index >= 15 is 0 Å². The molecule has 2 atom stereocenters. The zero-order chi connectivity index (χ0) is 38.8. The molecule has 0 aromatic heterocycles. The normalized spacial score (nSPS) is 12.8. The summed E-state index contributed by atoms with van der Waals surface area (Å²) in [5, 5.41) is 13.6. The molecular formula is C55H41N3. The van der Waals surface area contributed by atoms with Crippen molar-refractivity contribution in [1.29, 1.82) is 0 Å². The summed E-state index contributed by atoms with van der Waals surface area (Å²) >= 11 is 0. The number of nitrogens with two attached hydrogens (primary N) is 1. The van der Waals surface area contributed by atoms with Crippen LogP contribution < -0.4 is 11.1 Å². The van der Waals surface area contributed by atoms with E-state index in [-0.39, 0.29) is 0 Å². The molecule has 276 valence electrons. The van der Waals surface area contributed by atoms with Crippen molar-refractivity contribution < 1.29 is 0 Å². The molecule has 0 saturated heterocycles. The van der Waals surface area contributed by atoms with E-state index < -0.39 is 12.3 Å². The second kappa shape index (κ2) is 15.4. The second-order valence-electron chi connectivity index (χ2n) is 14.9. The average molecular weight is 744 g/mol. The standard InChI is InChI=1S/C55H41N3/c56-54(42-19-5-2-6-20-42)58-55(49-26-14-11-22-45(49)39-16-3-1-4-17-39)57-36-37-27-29-41(30-28-37)51-47-24-12-13-25-48(47)52(44-32-31-38-15-7-8-21-43(38)35-44)53-46-23-10-9-18-40(46)33-34-50(51)53/h1-36,54-55,58H,56H2. The fourth-order valence-electron chi connectivity index (χ4n) is 8.56. The SMILES string of the molecule is NC(NC(N=Cc1ccc(-c2c3ccccc3c(-c3ccc4ccccc4c3)c3c2ccc2ccccc23)cc1)c1ccccc1-c1ccccc1)c1ccccc1. The maximum absolute atomic E-state index is 6.79. The van der Waals surface area contributed by atoms with Gasteiger partial charge in [0.1, 0.15) is 6.17 Å². The van der Waals surface area contributed by atoms with Gasteiger partial charge in [0, 0.05) is 6.21 Å². The highest BCUT2D eigenvalue weighted by Gasteiger charge is 2.20. The van der Waals surface area contributed by atoms with Crippen LogP contribution in [0.15, 0.2) is 217 Å². The van der Waals surface area contributed by atoms with Crippen LogP contribution in [-0.2, 0) is 0 Å². The third kappa shape index (κ3) is 6.63. The Morgan fingerprint density at radius 3 is 1.79 bits per heavy atom. The van der Waals surface area contributed by atoms with Gasteiger partial charge in [0.15, 0.2) is 0 Å². The smallest absolute Gasteiger partial charge is 0.127 e. The van der Waals surface area contributed by atoms with Crippen molar-refractivity contribution in [2.24, 2.45) is 10.7 Å². The molecule has 3 nitrogen and oxygen atoms in total. The molecule has 0 saturated carbocycles. The van der Waals surface area contributed by atoms with Crippen LogP contribution in [-0.4, -0.2) is 6.21 Å². The fourth-order valence-corrected chi connectivity index (χ4v) is 8.56. The number of aliphatic imine (C=N–C) groups is 1. The van der Waals surface area contributed by atoms with Gasteiger partial charge in [0.2, 0.25) is 0 Å². The quantitative estimate of drug-likeness (QED) is 0.0669. The minimum absolute atomic E-state index is 0.393. The molecule has 10 aromatic carbocycles. The van der Waals surface area contributed by atoms with E-state index in [4.69, 9.17) is 10.7 Å². The van der Waals surface area contributed by atoms with E-state index in [2.05, 4.69) is 181 Å². The first-order chi connectivity index (χ1) is 28.7. The summed E-state index contributed by atoms with van der Waals surface area (Å²) in [6, 6.07) is 75.6. The molecule has 58 heavy (non-hydrogen) atoms. The van der Waals surface area contributed by atoms with Gasteiger partial charge in [0.25, 0.3) is 0 Å². The third-order valence-electron chi connectivity index (χ3n) is 11.4. The highest BCUT2D eigenvalue weighted by atomic mass is 15.1. The van der Waals surface area contributed by atoms with E-state index in [1.165, 1.54) is 59.8 Å². The summed E-state index contributed by atoms with van der Waals surface area (Å²) in [5.74, 6) is 0. The fraction of sp³-hybridized carbons (Fsp3) is 0.0364. The minimum atomic E-state index is -0.412. The monoisotopic (exact) mass is 743 g/mol. The molecule has 0 aliphatic carbocycles. The Balaban J connectivity index is 1.09. The van der Waals surface area contributed by atoms with Gasteiger partial charge in [-0.25, -0.2) is 0 Å². The van der Waals surface area contributed by atoms with Crippen LogP contribution >= 0.6 is 0 Å². The number of rotatable bonds is 9. The van der Waals surface area contributed by atoms with Crippen molar-refractivity contribution in [2.45, 2.75) is 12.3 Å². The number of fused-ring (bicyclic) bond motifs is 5. The molecule has 2 unspecified atom stereocenters. The van der Waals surface area contributed by atoms with E-state index in [9.17, 15) is 0 Å². The maximum atomic E-state index is 6.79. The Hall–Kier alpha value is -7.17. The van der Waals surface area contributed by atoms with E-state index in [1.807, 2.05) is 42.6 Å². The van der Waals surface area contributed by atoms with Crippen molar-refractivity contribution in [2.75, 3.05) is 0 Å². The lowest BCUT2D eigenvalue weighted by Gasteiger charge is -2.23. The molecule has 10 rings (SSSR count). The van der Waals surface area contributed by atoms with Crippen molar-refractivity contribution in [3.8, 4) is 33.4 Å². The summed E-state index contributed by atoms with van der Waals surface area (Å²) in [5.41, 5.74) is 17.0. The molecule has 0 aliphatic rings. The Labute approximate surface area is 338 Å². The topological polar surface area (TPSA) is 50.4 Å². The van der Waals surface area contributed by atoms with Crippen molar-refractivity contribution in [1.82, 2.24) is 5.32 Å². The van der Waals surface area contributed by atoms with E-state index in [1.54, 1.807) is 0 Å². The lowest BCUT2D eigenvalue weighted by Crippen LogP contribution is -2.32. The molecular weight excluding hydrogens is 703 g/mol. The Bertz CT molecular complexity index is 3100. The molecule has 0 spiro atoms. The molecule has 0 fully saturated rings. The molecule has 0 bridgehead atoms. The zero-order valence-corrected chi connectivity index (χ0v) is 32.0. The van der Waals surface area contributed by atoms with Crippen LogP contribution in [0.3, 0.4) is 0 Å². The van der Waals surface area contributed by atoms with Crippen LogP contribution in [0.4, 0.5) is 0 Å². The highest BCUT2D eigenvalue weighted by Crippen LogP contribution is 2.46. The first-order valence-electron chi connectivity index (χ1n) is 19.9. The first kappa shape index (κ1) is 35.3. The van der Waals surface area contributed by atoms with Gasteiger partial charge < -0.3 is 5.73 Å². The number of nitrogens with zero attached hydrogens (tertiary/aromatic N) is 1. The van der Waals surface area contributed by atoms with Crippen LogP contribution in [0.25, 0.3) is 76.5 Å². The average Bonchev–Trinajstić information content (AvgIpc) is 3.30. The number of hydrogen-bond donors (Lipinski definition) is 2. The Kier molecular flexibility index (Phi) is 9.36. The minimum Gasteiger partial charge on any atom is -0.312 e. The van der Waals surface area contributed by atoms with Crippen LogP contribution in [0.1, 0.15) is 29.0 Å². The van der Waals surface area contributed by atoms with Gasteiger partial charge >= 0.3 is 0 Å². The zero-order valence-electron chi connectivity index (χ0n) is 32.0. The lowest BCUT2D eigenvalue weighted by atomic mass is 9.83. The van der Waals surface area contributed by atoms with Gasteiger partial charge in [-0.05, 0) is 99.2 Å². The number of benzene rings is 10. The molecule has 10 aromatic rings. The predicted molar refractivity (Wildman–Crippen MR) is 246 cm³/mol. The first-order valence-corrected chi connectivity index (χ1v) is 19.9. The van der Waals surface area contributed by atoms with Gasteiger partial charge in [0.05, 0.1) is 6.17 Å². The lowest BCUT2D eigenvalue weighted by molar-refractivity contribution is 0.468. The van der Waals surface area contributed by atoms with E-state index in [0.29, 0.717) is 0 Å². The summed E-state index contributed by atoms with van der Waals surface area (Å²) in [7, 11) is 0. The second-order valence-corrected chi connectivity index (χ2v) is 14.9. The van der Waals surface area contributed by atoms with Crippen molar-refractivity contribution in [3.63, 3.8) is 0 Å². The van der Waals surface area contributed by atoms with Gasteiger partial charge in [-0.15, -0.1) is 0 Å². The van der Waals surface area contributed by atoms with Crippen LogP contribution in [0, 0.1) is 0 Å². The molecule has 0 heterocycles. The summed E-state index contributed by atoms with van der Waals surface area (Å²) < 4.78 is 0. The highest BCUT2D eigenvalue weighted by molar-refractivity contribution is 6.28. The summed E-state index contributed by atoms with van der Waals surface area (Å²) in [6.45, 7) is 0. The summed E-state index contributed by atoms with van der Waals surface area (Å²) in [6.07, 6.45) is 1.16. The molecule has 0 aliphatic heterocycles. The number of nitrogens with one attached hydrogen (secondary N) is 1. The van der Waals surface area contributed by atoms with Crippen LogP contribution in [0.2, 0.25) is 0 Å². The number of hydrogen-bond acceptors (Lipinski definition) is 3. The van der Waals surface area contributed by atoms with Gasteiger partial charge in [-0.3, -0.25) is 10.3 Å². The Morgan fingerprint density at radius 2 is 1.02 bits per heavy atom. The Morgan fingerprint density at radius 1 is 0.431 bits per heavy atom. The molecule has 0 radical (unpaired) electrons. The van der Waals surface area contributed by atoms with Gasteiger partial charge in [-0.1, -0.05) is 206 Å². The van der Waals surface area contributed by atoms with Crippen LogP contribution in [0.5, 0.6) is 0 Å². The molecule has 0 amide bonds. The van der Waals surface area contributed by atoms with Gasteiger partial charge in [-0.2, -0.15) is 0 Å². The maximum Gasteiger partial charge on any atom is 0.127 e. The molecule has 3 N–H and O–H groups in total. The predicted octanol–water partition coefficient (Wildman–Crippen LogP) is 13.7. The summed E-state index contributed by atoms with van der Waals surface area (Å²) in [4.78, 5) is 5.20. The third-order valence-corrected chi connectivity index (χ3v) is 11.4. The van der Waals surface area contributed by atoms with Crippen molar-refractivity contribution >= 4 is 49.3 Å². The van der Waals surface area contributed by atoms with Crippen molar-refractivity contribution in [3.05, 3.63) is 229 Å². The molecule has 3 heteroatoms. The largest absolute Gasteiger partial charge is 0.312 e. The van der Waals surface area contributed by atoms with E-state index in [0.717, 1.165) is 33.4 Å².